The largest absolute Gasteiger partial charge is 0.350 e. The molecule has 1 aromatic carbocycles. The van der Waals surface area contributed by atoms with Crippen molar-refractivity contribution < 1.29 is 18.0 Å². The van der Waals surface area contributed by atoms with E-state index in [-0.39, 0.29) is 17.9 Å². The van der Waals surface area contributed by atoms with Crippen molar-refractivity contribution >= 4 is 38.3 Å². The molecule has 3 rings (SSSR count). The van der Waals surface area contributed by atoms with Crippen molar-refractivity contribution in [2.75, 3.05) is 18.1 Å². The number of anilines is 1. The standard InChI is InChI=1S/C20H26N4O4S2/c1-13(21-14(2)25)15-7-9-16(10-8-15)17-12-29-20(22-17)23-19(26)18-6-4-5-11-24(18)30(3,27)28/h7-10,12-13,18H,4-6,11H2,1-3H3,(H,21,25)(H,22,23,26). The van der Waals surface area contributed by atoms with Crippen molar-refractivity contribution in [1.29, 1.82) is 0 Å². The fraction of sp³-hybridized carbons (Fsp3) is 0.450. The fourth-order valence-electron chi connectivity index (χ4n) is 3.55. The lowest BCUT2D eigenvalue weighted by Gasteiger charge is -2.32. The zero-order chi connectivity index (χ0) is 21.9. The number of benzene rings is 1. The van der Waals surface area contributed by atoms with E-state index in [0.717, 1.165) is 35.9 Å². The van der Waals surface area contributed by atoms with Gasteiger partial charge < -0.3 is 10.6 Å². The van der Waals surface area contributed by atoms with E-state index in [1.54, 1.807) is 0 Å². The maximum absolute atomic E-state index is 12.7. The Morgan fingerprint density at radius 2 is 1.93 bits per heavy atom. The number of rotatable bonds is 6. The monoisotopic (exact) mass is 450 g/mol. The van der Waals surface area contributed by atoms with E-state index in [4.69, 9.17) is 0 Å². The molecule has 0 spiro atoms. The van der Waals surface area contributed by atoms with E-state index in [1.807, 2.05) is 36.6 Å². The second-order valence-electron chi connectivity index (χ2n) is 7.46. The molecule has 1 aromatic heterocycles. The Morgan fingerprint density at radius 1 is 1.23 bits per heavy atom. The van der Waals surface area contributed by atoms with Gasteiger partial charge in [0.25, 0.3) is 0 Å². The number of hydrogen-bond acceptors (Lipinski definition) is 6. The minimum atomic E-state index is -3.44. The number of aromatic nitrogens is 1. The first-order chi connectivity index (χ1) is 14.1. The lowest BCUT2D eigenvalue weighted by molar-refractivity contribution is -0.121. The van der Waals surface area contributed by atoms with Crippen molar-refractivity contribution in [2.45, 2.75) is 45.2 Å². The number of nitrogens with zero attached hydrogens (tertiary/aromatic N) is 2. The normalized spacial score (nSPS) is 18.6. The molecule has 8 nitrogen and oxygen atoms in total. The van der Waals surface area contributed by atoms with E-state index >= 15 is 0 Å². The molecule has 30 heavy (non-hydrogen) atoms. The minimum Gasteiger partial charge on any atom is -0.350 e. The summed E-state index contributed by atoms with van der Waals surface area (Å²) < 4.78 is 25.2. The maximum atomic E-state index is 12.7. The molecular formula is C20H26N4O4S2. The summed E-state index contributed by atoms with van der Waals surface area (Å²) >= 11 is 1.30. The highest BCUT2D eigenvalue weighted by Crippen LogP contribution is 2.27. The van der Waals surface area contributed by atoms with Crippen LogP contribution >= 0.6 is 11.3 Å². The topological polar surface area (TPSA) is 108 Å². The molecule has 2 unspecified atom stereocenters. The van der Waals surface area contributed by atoms with Gasteiger partial charge in [0.15, 0.2) is 5.13 Å². The first-order valence-corrected chi connectivity index (χ1v) is 12.5. The Balaban J connectivity index is 1.69. The molecular weight excluding hydrogens is 424 g/mol. The number of carbonyl (C=O) groups is 2. The first kappa shape index (κ1) is 22.4. The smallest absolute Gasteiger partial charge is 0.244 e. The number of hydrogen-bond donors (Lipinski definition) is 2. The van der Waals surface area contributed by atoms with Gasteiger partial charge in [0.2, 0.25) is 21.8 Å². The molecule has 0 aliphatic carbocycles. The second kappa shape index (κ2) is 9.23. The van der Waals surface area contributed by atoms with Crippen LogP contribution < -0.4 is 10.6 Å². The summed E-state index contributed by atoms with van der Waals surface area (Å²) in [5, 5.41) is 7.89. The summed E-state index contributed by atoms with van der Waals surface area (Å²) in [7, 11) is -3.44. The van der Waals surface area contributed by atoms with Gasteiger partial charge in [0, 0.05) is 24.4 Å². The van der Waals surface area contributed by atoms with Gasteiger partial charge in [-0.1, -0.05) is 30.7 Å². The van der Waals surface area contributed by atoms with Crippen LogP contribution in [0.25, 0.3) is 11.3 Å². The molecule has 2 atom stereocenters. The van der Waals surface area contributed by atoms with E-state index in [1.165, 1.54) is 22.6 Å². The summed E-state index contributed by atoms with van der Waals surface area (Å²) in [5.41, 5.74) is 2.59. The average Bonchev–Trinajstić information content (AvgIpc) is 3.15. The highest BCUT2D eigenvalue weighted by molar-refractivity contribution is 7.88. The van der Waals surface area contributed by atoms with Crippen molar-refractivity contribution in [3.8, 4) is 11.3 Å². The van der Waals surface area contributed by atoms with E-state index in [9.17, 15) is 18.0 Å². The molecule has 2 N–H and O–H groups in total. The molecule has 1 fully saturated rings. The van der Waals surface area contributed by atoms with E-state index in [2.05, 4.69) is 15.6 Å². The summed E-state index contributed by atoms with van der Waals surface area (Å²) in [6, 6.07) is 6.91. The van der Waals surface area contributed by atoms with Gasteiger partial charge in [-0.3, -0.25) is 9.59 Å². The maximum Gasteiger partial charge on any atom is 0.244 e. The Morgan fingerprint density at radius 3 is 2.57 bits per heavy atom. The average molecular weight is 451 g/mol. The van der Waals surface area contributed by atoms with Crippen LogP contribution in [0.4, 0.5) is 5.13 Å². The first-order valence-electron chi connectivity index (χ1n) is 9.76. The second-order valence-corrected chi connectivity index (χ2v) is 10.2. The molecule has 1 aliphatic rings. The van der Waals surface area contributed by atoms with E-state index < -0.39 is 16.1 Å². The fourth-order valence-corrected chi connectivity index (χ4v) is 5.39. The van der Waals surface area contributed by atoms with Crippen LogP contribution in [0.15, 0.2) is 29.6 Å². The van der Waals surface area contributed by atoms with Crippen LogP contribution in [0.2, 0.25) is 0 Å². The van der Waals surface area contributed by atoms with Gasteiger partial charge in [-0.05, 0) is 25.3 Å². The lowest BCUT2D eigenvalue weighted by atomic mass is 10.0. The van der Waals surface area contributed by atoms with Crippen LogP contribution in [0.3, 0.4) is 0 Å². The number of piperidine rings is 1. The number of amides is 2. The summed E-state index contributed by atoms with van der Waals surface area (Å²) in [6.45, 7) is 3.76. The molecule has 0 saturated carbocycles. The number of nitrogens with one attached hydrogen (secondary N) is 2. The summed E-state index contributed by atoms with van der Waals surface area (Å²) in [5.74, 6) is -0.431. The highest BCUT2D eigenvalue weighted by atomic mass is 32.2. The number of thiazole rings is 1. The molecule has 0 radical (unpaired) electrons. The van der Waals surface area contributed by atoms with Gasteiger partial charge in [-0.2, -0.15) is 4.31 Å². The number of carbonyl (C=O) groups excluding carboxylic acids is 2. The molecule has 2 amide bonds. The van der Waals surface area contributed by atoms with Crippen molar-refractivity contribution in [3.05, 3.63) is 35.2 Å². The third kappa shape index (κ3) is 5.44. The van der Waals surface area contributed by atoms with Crippen LogP contribution in [0.1, 0.15) is 44.7 Å². The van der Waals surface area contributed by atoms with Crippen molar-refractivity contribution in [2.24, 2.45) is 0 Å². The predicted molar refractivity (Wildman–Crippen MR) is 118 cm³/mol. The van der Waals surface area contributed by atoms with Gasteiger partial charge in [0.1, 0.15) is 6.04 Å². The molecule has 10 heteroatoms. The van der Waals surface area contributed by atoms with Crippen LogP contribution in [0.5, 0.6) is 0 Å². The summed E-state index contributed by atoms with van der Waals surface area (Å²) in [6.07, 6.45) is 3.22. The molecule has 0 bridgehead atoms. The molecule has 1 saturated heterocycles. The van der Waals surface area contributed by atoms with Crippen LogP contribution in [-0.4, -0.2) is 48.4 Å². The third-order valence-electron chi connectivity index (χ3n) is 5.04. The minimum absolute atomic E-state index is 0.0844. The third-order valence-corrected chi connectivity index (χ3v) is 7.09. The lowest BCUT2D eigenvalue weighted by Crippen LogP contribution is -2.49. The molecule has 2 aromatic rings. The zero-order valence-corrected chi connectivity index (χ0v) is 18.8. The van der Waals surface area contributed by atoms with Crippen molar-refractivity contribution in [1.82, 2.24) is 14.6 Å². The SMILES string of the molecule is CC(=O)NC(C)c1ccc(-c2csc(NC(=O)C3CCCCN3S(C)(=O)=O)n2)cc1. The summed E-state index contributed by atoms with van der Waals surface area (Å²) in [4.78, 5) is 28.4. The van der Waals surface area contributed by atoms with Gasteiger partial charge in [-0.25, -0.2) is 13.4 Å². The van der Waals surface area contributed by atoms with Gasteiger partial charge in [0.05, 0.1) is 18.0 Å². The Kier molecular flexibility index (Phi) is 6.89. The number of sulfonamides is 1. The Labute approximate surface area is 180 Å². The highest BCUT2D eigenvalue weighted by Gasteiger charge is 2.34. The Hall–Kier alpha value is -2.30. The molecule has 162 valence electrons. The van der Waals surface area contributed by atoms with Crippen LogP contribution in [0, 0.1) is 0 Å². The van der Waals surface area contributed by atoms with Gasteiger partial charge >= 0.3 is 0 Å². The van der Waals surface area contributed by atoms with Crippen LogP contribution in [-0.2, 0) is 19.6 Å². The zero-order valence-electron chi connectivity index (χ0n) is 17.2. The van der Waals surface area contributed by atoms with Crippen molar-refractivity contribution in [3.63, 3.8) is 0 Å². The predicted octanol–water partition coefficient (Wildman–Crippen LogP) is 2.76. The van der Waals surface area contributed by atoms with E-state index in [0.29, 0.717) is 18.1 Å². The Bertz CT molecular complexity index is 1020. The molecule has 2 heterocycles. The quantitative estimate of drug-likeness (QED) is 0.703. The molecule has 1 aliphatic heterocycles. The van der Waals surface area contributed by atoms with Gasteiger partial charge in [-0.15, -0.1) is 11.3 Å².